The highest BCUT2D eigenvalue weighted by Gasteiger charge is 2.53. The number of carbonyl (C=O) groups is 1. The molecule has 15 heavy (non-hydrogen) atoms. The van der Waals surface area contributed by atoms with Gasteiger partial charge in [0.2, 0.25) is 0 Å². The van der Waals surface area contributed by atoms with Crippen LogP contribution in [0.2, 0.25) is 0 Å². The Morgan fingerprint density at radius 3 is 2.53 bits per heavy atom. The van der Waals surface area contributed by atoms with E-state index >= 15 is 0 Å². The minimum Gasteiger partial charge on any atom is -0.444 e. The van der Waals surface area contributed by atoms with Gasteiger partial charge in [-0.15, -0.1) is 0 Å². The Labute approximate surface area is 90.0 Å². The van der Waals surface area contributed by atoms with E-state index < -0.39 is 11.7 Å². The molecule has 0 aromatic carbocycles. The fraction of sp³-hybridized carbons (Fsp3) is 0.909. The first-order valence-electron chi connectivity index (χ1n) is 5.54. The number of amides is 1. The zero-order valence-corrected chi connectivity index (χ0v) is 9.49. The Bertz CT molecular complexity index is 271. The van der Waals surface area contributed by atoms with Gasteiger partial charge in [0.25, 0.3) is 0 Å². The van der Waals surface area contributed by atoms with Gasteiger partial charge >= 0.3 is 6.09 Å². The summed E-state index contributed by atoms with van der Waals surface area (Å²) >= 11 is 0. The van der Waals surface area contributed by atoms with Crippen LogP contribution in [-0.2, 0) is 4.74 Å². The Hall–Kier alpha value is -0.770. The Morgan fingerprint density at radius 2 is 2.07 bits per heavy atom. The van der Waals surface area contributed by atoms with Gasteiger partial charge in [-0.1, -0.05) is 0 Å². The van der Waals surface area contributed by atoms with Gasteiger partial charge in [0, 0.05) is 0 Å². The Morgan fingerprint density at radius 1 is 1.40 bits per heavy atom. The monoisotopic (exact) mass is 213 g/mol. The van der Waals surface area contributed by atoms with E-state index in [1.807, 2.05) is 20.8 Å². The van der Waals surface area contributed by atoms with E-state index in [-0.39, 0.29) is 12.1 Å². The molecular formula is C11H19NO3. The lowest BCUT2D eigenvalue weighted by molar-refractivity contribution is 0.0428. The maximum absolute atomic E-state index is 11.4. The highest BCUT2D eigenvalue weighted by Crippen LogP contribution is 2.51. The van der Waals surface area contributed by atoms with Crippen molar-refractivity contribution in [2.24, 2.45) is 11.8 Å². The normalized spacial score (nSPS) is 38.4. The van der Waals surface area contributed by atoms with Crippen molar-refractivity contribution in [2.75, 3.05) is 0 Å². The number of alkyl carbamates (subject to hydrolysis) is 1. The first-order valence-corrected chi connectivity index (χ1v) is 5.54. The molecule has 4 heteroatoms. The molecule has 0 unspecified atom stereocenters. The molecule has 0 aliphatic heterocycles. The van der Waals surface area contributed by atoms with Crippen LogP contribution in [0.1, 0.15) is 33.6 Å². The van der Waals surface area contributed by atoms with Gasteiger partial charge in [0.1, 0.15) is 5.60 Å². The largest absolute Gasteiger partial charge is 0.444 e. The molecule has 0 saturated heterocycles. The lowest BCUT2D eigenvalue weighted by Gasteiger charge is -2.24. The quantitative estimate of drug-likeness (QED) is 0.690. The molecule has 2 aliphatic carbocycles. The summed E-state index contributed by atoms with van der Waals surface area (Å²) in [6.45, 7) is 5.49. The highest BCUT2D eigenvalue weighted by atomic mass is 16.6. The molecule has 0 aromatic heterocycles. The van der Waals surface area contributed by atoms with Crippen molar-refractivity contribution in [3.05, 3.63) is 0 Å². The summed E-state index contributed by atoms with van der Waals surface area (Å²) in [5, 5.41) is 12.5. The van der Waals surface area contributed by atoms with E-state index in [1.54, 1.807) is 0 Å². The average molecular weight is 213 g/mol. The van der Waals surface area contributed by atoms with Crippen LogP contribution >= 0.6 is 0 Å². The van der Waals surface area contributed by atoms with Gasteiger partial charge in [-0.2, -0.15) is 0 Å². The maximum atomic E-state index is 11.4. The van der Waals surface area contributed by atoms with Crippen LogP contribution in [0, 0.1) is 11.8 Å². The summed E-state index contributed by atoms with van der Waals surface area (Å²) in [5.74, 6) is 1.05. The third-order valence-electron chi connectivity index (χ3n) is 3.09. The smallest absolute Gasteiger partial charge is 0.407 e. The van der Waals surface area contributed by atoms with Gasteiger partial charge < -0.3 is 15.2 Å². The number of ether oxygens (including phenoxy) is 1. The van der Waals surface area contributed by atoms with Gasteiger partial charge in [-0.05, 0) is 45.4 Å². The second kappa shape index (κ2) is 3.37. The topological polar surface area (TPSA) is 58.6 Å². The molecule has 0 radical (unpaired) electrons. The summed E-state index contributed by atoms with van der Waals surface area (Å²) in [4.78, 5) is 11.4. The Kier molecular flexibility index (Phi) is 2.41. The summed E-state index contributed by atoms with van der Waals surface area (Å²) in [6, 6.07) is -0.108. The summed E-state index contributed by atoms with van der Waals surface area (Å²) in [7, 11) is 0. The number of nitrogens with one attached hydrogen (secondary N) is 1. The third-order valence-corrected chi connectivity index (χ3v) is 3.09. The molecule has 2 saturated carbocycles. The minimum atomic E-state index is -0.476. The number of fused-ring (bicyclic) bond motifs is 1. The van der Waals surface area contributed by atoms with E-state index in [9.17, 15) is 9.90 Å². The molecule has 2 fully saturated rings. The minimum absolute atomic E-state index is 0.108. The van der Waals surface area contributed by atoms with E-state index in [4.69, 9.17) is 4.74 Å². The van der Waals surface area contributed by atoms with E-state index in [2.05, 4.69) is 5.32 Å². The number of hydrogen-bond donors (Lipinski definition) is 2. The molecule has 4 nitrogen and oxygen atoms in total. The second-order valence-corrected chi connectivity index (χ2v) is 5.64. The number of rotatable bonds is 1. The molecule has 1 amide bonds. The van der Waals surface area contributed by atoms with Crippen LogP contribution in [0.3, 0.4) is 0 Å². The fourth-order valence-corrected chi connectivity index (χ4v) is 2.33. The van der Waals surface area contributed by atoms with Crippen molar-refractivity contribution in [3.8, 4) is 0 Å². The van der Waals surface area contributed by atoms with Crippen LogP contribution in [0.4, 0.5) is 4.79 Å². The first kappa shape index (κ1) is 10.7. The summed E-state index contributed by atoms with van der Waals surface area (Å²) in [6.07, 6.45) is 1.22. The molecule has 2 aliphatic rings. The van der Waals surface area contributed by atoms with Crippen LogP contribution in [0.5, 0.6) is 0 Å². The number of aliphatic hydroxyl groups is 1. The van der Waals surface area contributed by atoms with Crippen LogP contribution < -0.4 is 5.32 Å². The van der Waals surface area contributed by atoms with E-state index in [1.165, 1.54) is 0 Å². The Balaban J connectivity index is 1.80. The lowest BCUT2D eigenvalue weighted by Crippen LogP contribution is -2.44. The molecule has 0 bridgehead atoms. The van der Waals surface area contributed by atoms with Crippen LogP contribution in [-0.4, -0.2) is 28.9 Å². The predicted octanol–water partition coefficient (Wildman–Crippen LogP) is 1.28. The molecule has 0 heterocycles. The average Bonchev–Trinajstić information content (AvgIpc) is 2.72. The predicted molar refractivity (Wildman–Crippen MR) is 55.4 cm³/mol. The zero-order chi connectivity index (χ0) is 11.2. The van der Waals surface area contributed by atoms with Crippen LogP contribution in [0.25, 0.3) is 0 Å². The van der Waals surface area contributed by atoms with Crippen molar-refractivity contribution in [2.45, 2.75) is 51.4 Å². The first-order chi connectivity index (χ1) is 6.87. The van der Waals surface area contributed by atoms with Gasteiger partial charge in [0.05, 0.1) is 12.1 Å². The van der Waals surface area contributed by atoms with E-state index in [0.29, 0.717) is 11.8 Å². The molecular weight excluding hydrogens is 194 g/mol. The van der Waals surface area contributed by atoms with Crippen molar-refractivity contribution in [1.29, 1.82) is 0 Å². The highest BCUT2D eigenvalue weighted by molar-refractivity contribution is 5.68. The molecule has 86 valence electrons. The van der Waals surface area contributed by atoms with Crippen molar-refractivity contribution in [1.82, 2.24) is 5.32 Å². The fourth-order valence-electron chi connectivity index (χ4n) is 2.33. The molecule has 0 aromatic rings. The van der Waals surface area contributed by atoms with Crippen molar-refractivity contribution >= 4 is 6.09 Å². The number of aliphatic hydroxyl groups excluding tert-OH is 1. The maximum Gasteiger partial charge on any atom is 0.407 e. The lowest BCUT2D eigenvalue weighted by atomic mass is 10.1. The zero-order valence-electron chi connectivity index (χ0n) is 9.49. The van der Waals surface area contributed by atoms with Gasteiger partial charge in [-0.25, -0.2) is 4.79 Å². The molecule has 2 rings (SSSR count). The van der Waals surface area contributed by atoms with Crippen molar-refractivity contribution < 1.29 is 14.6 Å². The SMILES string of the molecule is CC(C)(C)OC(=O)N[C@@H]1C[C@H]2C[C@H]2[C@H]1O. The molecule has 2 N–H and O–H groups in total. The molecule has 0 spiro atoms. The number of hydrogen-bond acceptors (Lipinski definition) is 3. The van der Waals surface area contributed by atoms with Crippen LogP contribution in [0.15, 0.2) is 0 Å². The van der Waals surface area contributed by atoms with Crippen molar-refractivity contribution in [3.63, 3.8) is 0 Å². The molecule has 4 atom stereocenters. The standard InChI is InChI=1S/C11H19NO3/c1-11(2,3)15-10(14)12-8-5-6-4-7(6)9(8)13/h6-9,13H,4-5H2,1-3H3,(H,12,14)/t6-,7-,8-,9-/m1/s1. The van der Waals surface area contributed by atoms with Gasteiger partial charge in [-0.3, -0.25) is 0 Å². The summed E-state index contributed by atoms with van der Waals surface area (Å²) < 4.78 is 5.14. The number of carbonyl (C=O) groups excluding carboxylic acids is 1. The van der Waals surface area contributed by atoms with Gasteiger partial charge in [0.15, 0.2) is 0 Å². The second-order valence-electron chi connectivity index (χ2n) is 5.64. The van der Waals surface area contributed by atoms with E-state index in [0.717, 1.165) is 12.8 Å². The summed E-state index contributed by atoms with van der Waals surface area (Å²) in [5.41, 5.74) is -0.476. The third kappa shape index (κ3) is 2.43.